The number of pyridine rings is 1. The molecule has 1 N–H and O–H groups in total. The highest BCUT2D eigenvalue weighted by Gasteiger charge is 2.19. The molecule has 2 rings (SSSR count). The van der Waals surface area contributed by atoms with E-state index >= 15 is 0 Å². The molecular formula is C14H20N2O2. The molecule has 1 atom stereocenters. The van der Waals surface area contributed by atoms with Gasteiger partial charge in [-0.05, 0) is 37.3 Å². The average molecular weight is 248 g/mol. The number of aliphatic hydroxyl groups is 1. The molecule has 1 unspecified atom stereocenters. The van der Waals surface area contributed by atoms with Crippen molar-refractivity contribution in [3.8, 4) is 0 Å². The number of carbonyl (C=O) groups is 1. The van der Waals surface area contributed by atoms with Crippen LogP contribution in [-0.2, 0) is 0 Å². The normalized spacial score (nSPS) is 19.9. The molecule has 0 saturated carbocycles. The third-order valence-corrected chi connectivity index (χ3v) is 3.53. The Morgan fingerprint density at radius 1 is 1.56 bits per heavy atom. The van der Waals surface area contributed by atoms with Crippen molar-refractivity contribution in [2.75, 3.05) is 24.6 Å². The van der Waals surface area contributed by atoms with Crippen molar-refractivity contribution in [1.82, 2.24) is 4.98 Å². The van der Waals surface area contributed by atoms with Crippen molar-refractivity contribution in [3.63, 3.8) is 0 Å². The van der Waals surface area contributed by atoms with Gasteiger partial charge in [0, 0.05) is 26.6 Å². The molecule has 0 spiro atoms. The summed E-state index contributed by atoms with van der Waals surface area (Å²) in [5.74, 6) is 0.564. The lowest BCUT2D eigenvalue weighted by molar-refractivity contribution is 0.101. The van der Waals surface area contributed by atoms with Gasteiger partial charge in [-0.2, -0.15) is 0 Å². The zero-order chi connectivity index (χ0) is 13.0. The Balaban J connectivity index is 2.04. The van der Waals surface area contributed by atoms with Crippen LogP contribution in [0.2, 0.25) is 0 Å². The molecule has 1 aromatic rings. The number of anilines is 1. The van der Waals surface area contributed by atoms with E-state index in [4.69, 9.17) is 5.11 Å². The minimum atomic E-state index is -0.00153. The zero-order valence-electron chi connectivity index (χ0n) is 10.8. The zero-order valence-corrected chi connectivity index (χ0v) is 10.8. The predicted octanol–water partition coefficient (Wildman–Crippen LogP) is 1.88. The highest BCUT2D eigenvalue weighted by molar-refractivity contribution is 5.92. The maximum atomic E-state index is 11.2. The van der Waals surface area contributed by atoms with Gasteiger partial charge in [0.1, 0.15) is 5.69 Å². The number of aromatic nitrogens is 1. The average Bonchev–Trinajstić information content (AvgIpc) is 2.39. The van der Waals surface area contributed by atoms with E-state index in [1.165, 1.54) is 13.3 Å². The number of hydrogen-bond acceptors (Lipinski definition) is 4. The van der Waals surface area contributed by atoms with Crippen molar-refractivity contribution in [2.45, 2.75) is 26.2 Å². The summed E-state index contributed by atoms with van der Waals surface area (Å²) in [5, 5.41) is 9.00. The summed E-state index contributed by atoms with van der Waals surface area (Å²) in [7, 11) is 0. The van der Waals surface area contributed by atoms with Gasteiger partial charge in [-0.3, -0.25) is 9.78 Å². The van der Waals surface area contributed by atoms with E-state index in [-0.39, 0.29) is 12.4 Å². The van der Waals surface area contributed by atoms with Crippen LogP contribution in [0.1, 0.15) is 36.7 Å². The predicted molar refractivity (Wildman–Crippen MR) is 70.9 cm³/mol. The molecule has 1 aliphatic heterocycles. The molecule has 0 bridgehead atoms. The summed E-state index contributed by atoms with van der Waals surface area (Å²) in [5.41, 5.74) is 1.59. The summed E-state index contributed by atoms with van der Waals surface area (Å²) in [6, 6.07) is 3.75. The van der Waals surface area contributed by atoms with Gasteiger partial charge in [-0.1, -0.05) is 0 Å². The highest BCUT2D eigenvalue weighted by atomic mass is 16.3. The third-order valence-electron chi connectivity index (χ3n) is 3.53. The topological polar surface area (TPSA) is 53.4 Å². The number of hydrogen-bond donors (Lipinski definition) is 1. The van der Waals surface area contributed by atoms with Crippen molar-refractivity contribution >= 4 is 11.5 Å². The van der Waals surface area contributed by atoms with Gasteiger partial charge in [0.15, 0.2) is 5.78 Å². The third kappa shape index (κ3) is 3.07. The van der Waals surface area contributed by atoms with Crippen LogP contribution in [0.25, 0.3) is 0 Å². The Hall–Kier alpha value is -1.42. The van der Waals surface area contributed by atoms with Gasteiger partial charge in [0.05, 0.1) is 11.9 Å². The fourth-order valence-electron chi connectivity index (χ4n) is 2.50. The fourth-order valence-corrected chi connectivity index (χ4v) is 2.50. The molecule has 1 saturated heterocycles. The molecule has 1 fully saturated rings. The first kappa shape index (κ1) is 13.0. The van der Waals surface area contributed by atoms with E-state index in [1.807, 2.05) is 6.07 Å². The SMILES string of the molecule is CC(=O)c1ccc(N2CCCC(CCO)C2)cn1. The fraction of sp³-hybridized carbons (Fsp3) is 0.571. The van der Waals surface area contributed by atoms with Gasteiger partial charge in [0.2, 0.25) is 0 Å². The van der Waals surface area contributed by atoms with Crippen LogP contribution < -0.4 is 4.90 Å². The Morgan fingerprint density at radius 3 is 3.00 bits per heavy atom. The lowest BCUT2D eigenvalue weighted by Gasteiger charge is -2.34. The van der Waals surface area contributed by atoms with E-state index in [0.717, 1.165) is 31.6 Å². The highest BCUT2D eigenvalue weighted by Crippen LogP contribution is 2.24. The van der Waals surface area contributed by atoms with Crippen LogP contribution in [0, 0.1) is 5.92 Å². The first-order valence-corrected chi connectivity index (χ1v) is 6.53. The minimum Gasteiger partial charge on any atom is -0.396 e. The number of aliphatic hydroxyl groups excluding tert-OH is 1. The second kappa shape index (κ2) is 5.96. The van der Waals surface area contributed by atoms with E-state index in [9.17, 15) is 4.79 Å². The molecule has 0 amide bonds. The summed E-state index contributed by atoms with van der Waals surface area (Å²) in [4.78, 5) is 17.6. The molecule has 4 nitrogen and oxygen atoms in total. The summed E-state index contributed by atoms with van der Waals surface area (Å²) in [6.07, 6.45) is 4.99. The van der Waals surface area contributed by atoms with Crippen LogP contribution in [0.4, 0.5) is 5.69 Å². The minimum absolute atomic E-state index is 0.00153. The number of rotatable bonds is 4. The molecule has 18 heavy (non-hydrogen) atoms. The maximum Gasteiger partial charge on any atom is 0.178 e. The van der Waals surface area contributed by atoms with Crippen molar-refractivity contribution < 1.29 is 9.90 Å². The van der Waals surface area contributed by atoms with Crippen molar-refractivity contribution in [3.05, 3.63) is 24.0 Å². The number of piperidine rings is 1. The lowest BCUT2D eigenvalue weighted by Crippen LogP contribution is -2.35. The molecule has 4 heteroatoms. The maximum absolute atomic E-state index is 11.2. The lowest BCUT2D eigenvalue weighted by atomic mass is 9.95. The van der Waals surface area contributed by atoms with Gasteiger partial charge in [-0.15, -0.1) is 0 Å². The number of carbonyl (C=O) groups excluding carboxylic acids is 1. The van der Waals surface area contributed by atoms with Crippen LogP contribution in [0.15, 0.2) is 18.3 Å². The Labute approximate surface area is 108 Å². The van der Waals surface area contributed by atoms with E-state index < -0.39 is 0 Å². The summed E-state index contributed by atoms with van der Waals surface area (Å²) >= 11 is 0. The molecule has 0 aromatic carbocycles. The standard InChI is InChI=1S/C14H20N2O2/c1-11(18)14-5-4-13(9-15-14)16-7-2-3-12(10-16)6-8-17/h4-5,9,12,17H,2-3,6-8,10H2,1H3. The second-order valence-electron chi connectivity index (χ2n) is 4.92. The molecular weight excluding hydrogens is 228 g/mol. The van der Waals surface area contributed by atoms with Gasteiger partial charge >= 0.3 is 0 Å². The quantitative estimate of drug-likeness (QED) is 0.827. The molecule has 1 aromatic heterocycles. The van der Waals surface area contributed by atoms with Crippen molar-refractivity contribution in [1.29, 1.82) is 0 Å². The van der Waals surface area contributed by atoms with Gasteiger partial charge in [0.25, 0.3) is 0 Å². The van der Waals surface area contributed by atoms with Crippen LogP contribution in [0.5, 0.6) is 0 Å². The van der Waals surface area contributed by atoms with Crippen LogP contribution in [-0.4, -0.2) is 35.6 Å². The first-order valence-electron chi connectivity index (χ1n) is 6.53. The van der Waals surface area contributed by atoms with Gasteiger partial charge < -0.3 is 10.0 Å². The second-order valence-corrected chi connectivity index (χ2v) is 4.92. The Bertz CT molecular complexity index is 401. The van der Waals surface area contributed by atoms with E-state index in [2.05, 4.69) is 9.88 Å². The summed E-state index contributed by atoms with van der Waals surface area (Å²) < 4.78 is 0. The molecule has 0 aliphatic carbocycles. The van der Waals surface area contributed by atoms with E-state index in [1.54, 1.807) is 12.3 Å². The van der Waals surface area contributed by atoms with E-state index in [0.29, 0.717) is 11.6 Å². The molecule has 0 radical (unpaired) electrons. The number of nitrogens with zero attached hydrogens (tertiary/aromatic N) is 2. The monoisotopic (exact) mass is 248 g/mol. The summed E-state index contributed by atoms with van der Waals surface area (Å²) in [6.45, 7) is 3.80. The Morgan fingerprint density at radius 2 is 2.39 bits per heavy atom. The van der Waals surface area contributed by atoms with Crippen LogP contribution in [0.3, 0.4) is 0 Å². The number of ketones is 1. The molecule has 2 heterocycles. The smallest absolute Gasteiger partial charge is 0.178 e. The largest absolute Gasteiger partial charge is 0.396 e. The van der Waals surface area contributed by atoms with Crippen LogP contribution >= 0.6 is 0 Å². The van der Waals surface area contributed by atoms with Crippen molar-refractivity contribution in [2.24, 2.45) is 5.92 Å². The number of Topliss-reactive ketones (excluding diaryl/α,β-unsaturated/α-hetero) is 1. The first-order chi connectivity index (χ1) is 8.70. The molecule has 1 aliphatic rings. The Kier molecular flexibility index (Phi) is 4.31. The molecule has 98 valence electrons. The van der Waals surface area contributed by atoms with Gasteiger partial charge in [-0.25, -0.2) is 0 Å².